The summed E-state index contributed by atoms with van der Waals surface area (Å²) in [6, 6.07) is 0. The number of tetrazole rings is 1. The van der Waals surface area contributed by atoms with Crippen molar-refractivity contribution in [2.75, 3.05) is 18.5 Å². The fourth-order valence-electron chi connectivity index (χ4n) is 0.889. The second kappa shape index (κ2) is 5.15. The lowest BCUT2D eigenvalue weighted by molar-refractivity contribution is -0.142. The number of nitrogens with one attached hydrogen (secondary N) is 1. The highest BCUT2D eigenvalue weighted by atomic mass is 16.5. The van der Waals surface area contributed by atoms with E-state index in [4.69, 9.17) is 4.74 Å². The minimum absolute atomic E-state index is 0.227. The molecule has 0 saturated heterocycles. The molecule has 0 aliphatic carbocycles. The number of nitrogens with zero attached hydrogens (tertiary/aromatic N) is 4. The fourth-order valence-corrected chi connectivity index (χ4v) is 0.889. The highest BCUT2D eigenvalue weighted by Gasteiger charge is 2.03. The Bertz CT molecular complexity index is 298. The monoisotopic (exact) mass is 199 g/mol. The van der Waals surface area contributed by atoms with Crippen LogP contribution in [0.2, 0.25) is 0 Å². The number of rotatable bonds is 5. The van der Waals surface area contributed by atoms with Crippen LogP contribution >= 0.6 is 0 Å². The first-order valence-corrected chi connectivity index (χ1v) is 4.36. The number of aryl methyl sites for hydroxylation is 1. The van der Waals surface area contributed by atoms with Crippen LogP contribution in [0.15, 0.2) is 0 Å². The lowest BCUT2D eigenvalue weighted by Crippen LogP contribution is -2.13. The van der Waals surface area contributed by atoms with Crippen molar-refractivity contribution < 1.29 is 9.53 Å². The molecule has 7 heteroatoms. The molecule has 0 unspecified atom stereocenters. The molecule has 0 fully saturated rings. The molecule has 0 saturated carbocycles. The van der Waals surface area contributed by atoms with Crippen LogP contribution in [-0.2, 0) is 16.6 Å². The van der Waals surface area contributed by atoms with Gasteiger partial charge in [-0.1, -0.05) is 5.10 Å². The van der Waals surface area contributed by atoms with E-state index >= 15 is 0 Å². The molecule has 0 aromatic carbocycles. The molecule has 7 nitrogen and oxygen atoms in total. The van der Waals surface area contributed by atoms with Gasteiger partial charge in [-0.15, -0.1) is 0 Å². The van der Waals surface area contributed by atoms with Gasteiger partial charge < -0.3 is 10.1 Å². The van der Waals surface area contributed by atoms with Crippen LogP contribution in [0.5, 0.6) is 0 Å². The van der Waals surface area contributed by atoms with E-state index in [1.54, 1.807) is 14.0 Å². The predicted octanol–water partition coefficient (Wildman–Crippen LogP) is -0.425. The number of ether oxygens (including phenoxy) is 1. The van der Waals surface area contributed by atoms with E-state index in [1.807, 2.05) is 0 Å². The summed E-state index contributed by atoms with van der Waals surface area (Å²) in [6.45, 7) is 2.65. The van der Waals surface area contributed by atoms with Crippen LogP contribution in [0.4, 0.5) is 5.95 Å². The highest BCUT2D eigenvalue weighted by molar-refractivity contribution is 5.69. The Hall–Kier alpha value is -1.66. The van der Waals surface area contributed by atoms with Gasteiger partial charge in [0.2, 0.25) is 5.95 Å². The second-order valence-corrected chi connectivity index (χ2v) is 2.61. The fraction of sp³-hybridized carbons (Fsp3) is 0.714. The van der Waals surface area contributed by atoms with Crippen LogP contribution in [0, 0.1) is 0 Å². The standard InChI is InChI=1S/C7H13N5O2/c1-3-14-6(13)4-5-8-7-9-10-11-12(7)2/h3-5H2,1-2H3,(H,8,9,11). The number of hydrogen-bond donors (Lipinski definition) is 1. The largest absolute Gasteiger partial charge is 0.466 e. The molecule has 0 amide bonds. The summed E-state index contributed by atoms with van der Waals surface area (Å²) >= 11 is 0. The van der Waals surface area contributed by atoms with Crippen LogP contribution in [0.3, 0.4) is 0 Å². The lowest BCUT2D eigenvalue weighted by Gasteiger charge is -2.03. The van der Waals surface area contributed by atoms with Crippen LogP contribution in [0.25, 0.3) is 0 Å². The van der Waals surface area contributed by atoms with Crippen molar-refractivity contribution in [2.24, 2.45) is 7.05 Å². The van der Waals surface area contributed by atoms with E-state index in [9.17, 15) is 4.79 Å². The zero-order valence-electron chi connectivity index (χ0n) is 8.23. The Morgan fingerprint density at radius 2 is 2.43 bits per heavy atom. The highest BCUT2D eigenvalue weighted by Crippen LogP contribution is 1.96. The molecule has 0 aliphatic rings. The van der Waals surface area contributed by atoms with Crippen molar-refractivity contribution in [3.05, 3.63) is 0 Å². The first-order chi connectivity index (χ1) is 6.74. The van der Waals surface area contributed by atoms with E-state index in [2.05, 4.69) is 20.8 Å². The molecule has 0 atom stereocenters. The Morgan fingerprint density at radius 1 is 1.64 bits per heavy atom. The SMILES string of the molecule is CCOC(=O)CCNc1nnnn1C. The second-order valence-electron chi connectivity index (χ2n) is 2.61. The third kappa shape index (κ3) is 3.00. The zero-order chi connectivity index (χ0) is 10.4. The molecule has 0 bridgehead atoms. The summed E-state index contributed by atoms with van der Waals surface area (Å²) in [6.07, 6.45) is 0.306. The van der Waals surface area contributed by atoms with Gasteiger partial charge in [-0.2, -0.15) is 0 Å². The van der Waals surface area contributed by atoms with Gasteiger partial charge in [0.25, 0.3) is 0 Å². The zero-order valence-corrected chi connectivity index (χ0v) is 8.23. The quantitative estimate of drug-likeness (QED) is 0.648. The minimum Gasteiger partial charge on any atom is -0.466 e. The van der Waals surface area contributed by atoms with Crippen molar-refractivity contribution in [1.29, 1.82) is 0 Å². The van der Waals surface area contributed by atoms with Gasteiger partial charge in [-0.3, -0.25) is 4.79 Å². The molecule has 0 aliphatic heterocycles. The third-order valence-corrected chi connectivity index (χ3v) is 1.54. The van der Waals surface area contributed by atoms with Crippen molar-refractivity contribution >= 4 is 11.9 Å². The third-order valence-electron chi connectivity index (χ3n) is 1.54. The van der Waals surface area contributed by atoms with E-state index in [0.717, 1.165) is 0 Å². The molecule has 0 radical (unpaired) electrons. The predicted molar refractivity (Wildman–Crippen MR) is 48.5 cm³/mol. The Labute approximate surface area is 81.4 Å². The number of carbonyl (C=O) groups is 1. The maximum Gasteiger partial charge on any atom is 0.307 e. The number of esters is 1. The molecule has 0 spiro atoms. The molecule has 1 N–H and O–H groups in total. The Kier molecular flexibility index (Phi) is 3.84. The Balaban J connectivity index is 2.22. The average Bonchev–Trinajstić information content (AvgIpc) is 2.52. The van der Waals surface area contributed by atoms with Crippen molar-refractivity contribution in [1.82, 2.24) is 20.2 Å². The number of aromatic nitrogens is 4. The molecule has 78 valence electrons. The van der Waals surface area contributed by atoms with E-state index in [-0.39, 0.29) is 5.97 Å². The molecular weight excluding hydrogens is 186 g/mol. The molecule has 1 rings (SSSR count). The molecule has 1 aromatic heterocycles. The Morgan fingerprint density at radius 3 is 3.00 bits per heavy atom. The number of carbonyl (C=O) groups excluding carboxylic acids is 1. The first-order valence-electron chi connectivity index (χ1n) is 4.36. The van der Waals surface area contributed by atoms with E-state index in [0.29, 0.717) is 25.5 Å². The summed E-state index contributed by atoms with van der Waals surface area (Å²) in [5.41, 5.74) is 0. The summed E-state index contributed by atoms with van der Waals surface area (Å²) in [4.78, 5) is 10.9. The van der Waals surface area contributed by atoms with E-state index < -0.39 is 0 Å². The molecule has 1 aromatic rings. The van der Waals surface area contributed by atoms with Crippen molar-refractivity contribution in [3.63, 3.8) is 0 Å². The van der Waals surface area contributed by atoms with E-state index in [1.165, 1.54) is 4.68 Å². The normalized spacial score (nSPS) is 9.86. The summed E-state index contributed by atoms with van der Waals surface area (Å²) in [7, 11) is 1.71. The summed E-state index contributed by atoms with van der Waals surface area (Å²) in [5.74, 6) is 0.310. The first kappa shape index (κ1) is 10.4. The number of anilines is 1. The molecule has 1 heterocycles. The topological polar surface area (TPSA) is 81.9 Å². The van der Waals surface area contributed by atoms with Gasteiger partial charge in [-0.05, 0) is 17.4 Å². The van der Waals surface area contributed by atoms with Crippen LogP contribution in [-0.4, -0.2) is 39.3 Å². The molecular formula is C7H13N5O2. The van der Waals surface area contributed by atoms with Gasteiger partial charge in [-0.25, -0.2) is 4.68 Å². The van der Waals surface area contributed by atoms with Gasteiger partial charge in [0.05, 0.1) is 13.0 Å². The van der Waals surface area contributed by atoms with Gasteiger partial charge in [0.15, 0.2) is 0 Å². The van der Waals surface area contributed by atoms with Gasteiger partial charge >= 0.3 is 5.97 Å². The number of hydrogen-bond acceptors (Lipinski definition) is 6. The average molecular weight is 199 g/mol. The molecule has 14 heavy (non-hydrogen) atoms. The minimum atomic E-state index is -0.227. The smallest absolute Gasteiger partial charge is 0.307 e. The van der Waals surface area contributed by atoms with Gasteiger partial charge in [0.1, 0.15) is 0 Å². The lowest BCUT2D eigenvalue weighted by atomic mass is 10.4. The van der Waals surface area contributed by atoms with Crippen molar-refractivity contribution in [2.45, 2.75) is 13.3 Å². The summed E-state index contributed by atoms with van der Waals surface area (Å²) in [5, 5.41) is 13.7. The summed E-state index contributed by atoms with van der Waals surface area (Å²) < 4.78 is 6.25. The van der Waals surface area contributed by atoms with Crippen LogP contribution < -0.4 is 5.32 Å². The van der Waals surface area contributed by atoms with Gasteiger partial charge in [0, 0.05) is 13.6 Å². The maximum absolute atomic E-state index is 10.9. The van der Waals surface area contributed by atoms with Crippen molar-refractivity contribution in [3.8, 4) is 0 Å². The van der Waals surface area contributed by atoms with Crippen LogP contribution in [0.1, 0.15) is 13.3 Å². The maximum atomic E-state index is 10.9.